The molecule has 0 bridgehead atoms. The minimum absolute atomic E-state index is 0.295. The molecule has 9 heteroatoms. The van der Waals surface area contributed by atoms with E-state index in [1.807, 2.05) is 45.0 Å². The predicted molar refractivity (Wildman–Crippen MR) is 136 cm³/mol. The molecular weight excluding hydrogens is 444 g/mol. The van der Waals surface area contributed by atoms with Crippen LogP contribution in [0.3, 0.4) is 0 Å². The number of pyridine rings is 2. The van der Waals surface area contributed by atoms with Crippen molar-refractivity contribution < 1.29 is 14.3 Å². The van der Waals surface area contributed by atoms with Crippen molar-refractivity contribution in [3.63, 3.8) is 0 Å². The number of aromatic nitrogens is 2. The number of hydrogen-bond acceptors (Lipinski definition) is 7. The zero-order valence-corrected chi connectivity index (χ0v) is 20.2. The highest BCUT2D eigenvalue weighted by Crippen LogP contribution is 2.27. The Morgan fingerprint density at radius 3 is 2.40 bits per heavy atom. The molecule has 2 aromatic heterocycles. The third-order valence-electron chi connectivity index (χ3n) is 5.51. The minimum Gasteiger partial charge on any atom is -0.444 e. The fraction of sp³-hybridized carbons (Fsp3) is 0.308. The van der Waals surface area contributed by atoms with Gasteiger partial charge in [0.25, 0.3) is 5.91 Å². The lowest BCUT2D eigenvalue weighted by atomic mass is 10.1. The van der Waals surface area contributed by atoms with Gasteiger partial charge < -0.3 is 25.6 Å². The summed E-state index contributed by atoms with van der Waals surface area (Å²) in [6.07, 6.45) is 3.00. The number of nitrogens with two attached hydrogens (primary N) is 1. The third kappa shape index (κ3) is 6.06. The molecule has 182 valence electrons. The van der Waals surface area contributed by atoms with E-state index in [0.29, 0.717) is 48.9 Å². The van der Waals surface area contributed by atoms with E-state index in [-0.39, 0.29) is 12.0 Å². The van der Waals surface area contributed by atoms with E-state index in [1.165, 1.54) is 0 Å². The van der Waals surface area contributed by atoms with Crippen LogP contribution in [0.15, 0.2) is 60.9 Å². The molecule has 2 amide bonds. The third-order valence-corrected chi connectivity index (χ3v) is 5.51. The Balaban J connectivity index is 1.45. The molecule has 0 atom stereocenters. The molecule has 1 fully saturated rings. The minimum atomic E-state index is -0.532. The van der Waals surface area contributed by atoms with Gasteiger partial charge in [-0.05, 0) is 51.1 Å². The molecule has 3 N–H and O–H groups in total. The largest absolute Gasteiger partial charge is 0.444 e. The summed E-state index contributed by atoms with van der Waals surface area (Å²) in [6, 6.07) is 14.5. The first-order valence-electron chi connectivity index (χ1n) is 11.5. The first kappa shape index (κ1) is 24.0. The highest BCUT2D eigenvalue weighted by molar-refractivity contribution is 6.04. The number of anilines is 3. The maximum Gasteiger partial charge on any atom is 0.410 e. The van der Waals surface area contributed by atoms with Gasteiger partial charge in [0, 0.05) is 43.6 Å². The first-order valence-corrected chi connectivity index (χ1v) is 11.5. The molecule has 1 aliphatic heterocycles. The number of carbonyl (C=O) groups excluding carboxylic acids is 2. The lowest BCUT2D eigenvalue weighted by Crippen LogP contribution is -2.50. The normalized spacial score (nSPS) is 13.9. The second-order valence-electron chi connectivity index (χ2n) is 9.33. The number of piperazine rings is 1. The van der Waals surface area contributed by atoms with Crippen molar-refractivity contribution in [1.29, 1.82) is 0 Å². The number of ether oxygens (including phenoxy) is 1. The summed E-state index contributed by atoms with van der Waals surface area (Å²) in [4.78, 5) is 38.0. The zero-order valence-electron chi connectivity index (χ0n) is 20.2. The fourth-order valence-corrected chi connectivity index (χ4v) is 3.78. The highest BCUT2D eigenvalue weighted by atomic mass is 16.6. The average molecular weight is 475 g/mol. The van der Waals surface area contributed by atoms with Crippen LogP contribution < -0.4 is 16.0 Å². The van der Waals surface area contributed by atoms with E-state index in [1.54, 1.807) is 41.6 Å². The number of nitrogens with zero attached hydrogens (tertiary/aromatic N) is 4. The van der Waals surface area contributed by atoms with Crippen molar-refractivity contribution in [2.24, 2.45) is 0 Å². The molecule has 0 spiro atoms. The van der Waals surface area contributed by atoms with Gasteiger partial charge in [0.15, 0.2) is 0 Å². The van der Waals surface area contributed by atoms with Crippen molar-refractivity contribution in [2.75, 3.05) is 42.1 Å². The van der Waals surface area contributed by atoms with Gasteiger partial charge in [-0.1, -0.05) is 18.2 Å². The molecule has 1 aromatic carbocycles. The van der Waals surface area contributed by atoms with Crippen molar-refractivity contribution in [2.45, 2.75) is 26.4 Å². The van der Waals surface area contributed by atoms with Crippen LogP contribution in [0, 0.1) is 0 Å². The van der Waals surface area contributed by atoms with Crippen LogP contribution in [-0.4, -0.2) is 58.6 Å². The molecule has 0 aliphatic carbocycles. The summed E-state index contributed by atoms with van der Waals surface area (Å²) in [7, 11) is 0. The van der Waals surface area contributed by atoms with Gasteiger partial charge in [-0.15, -0.1) is 0 Å². The second kappa shape index (κ2) is 10.0. The van der Waals surface area contributed by atoms with E-state index in [4.69, 9.17) is 10.5 Å². The lowest BCUT2D eigenvalue weighted by Gasteiger charge is -2.37. The smallest absolute Gasteiger partial charge is 0.410 e. The Hall–Kier alpha value is -4.14. The van der Waals surface area contributed by atoms with Gasteiger partial charge in [-0.2, -0.15) is 0 Å². The summed E-state index contributed by atoms with van der Waals surface area (Å²) < 4.78 is 5.48. The van der Waals surface area contributed by atoms with Crippen molar-refractivity contribution in [1.82, 2.24) is 14.9 Å². The van der Waals surface area contributed by atoms with Crippen molar-refractivity contribution in [3.05, 3.63) is 66.6 Å². The van der Waals surface area contributed by atoms with Crippen LogP contribution in [0.5, 0.6) is 0 Å². The molecule has 1 saturated heterocycles. The topological polar surface area (TPSA) is 114 Å². The summed E-state index contributed by atoms with van der Waals surface area (Å²) in [5.41, 5.74) is 9.18. The van der Waals surface area contributed by atoms with E-state index in [2.05, 4.69) is 20.2 Å². The van der Waals surface area contributed by atoms with E-state index in [0.717, 1.165) is 11.3 Å². The fourth-order valence-electron chi connectivity index (χ4n) is 3.78. The standard InChI is InChI=1S/C26H30N6O3/c1-26(2,3)35-25(34)32-15-13-31(14-16-32)23-11-12-28-17-22(23)30-24(33)21-6-4-5-20(29-21)18-7-9-19(27)10-8-18/h4-12,17H,13-16,27H2,1-3H3,(H,30,33). The monoisotopic (exact) mass is 474 g/mol. The summed E-state index contributed by atoms with van der Waals surface area (Å²) in [5, 5.41) is 2.95. The summed E-state index contributed by atoms with van der Waals surface area (Å²) in [6.45, 7) is 7.83. The maximum absolute atomic E-state index is 13.1. The number of nitrogen functional groups attached to an aromatic ring is 1. The van der Waals surface area contributed by atoms with Gasteiger partial charge >= 0.3 is 6.09 Å². The molecule has 0 radical (unpaired) electrons. The van der Waals surface area contributed by atoms with Gasteiger partial charge in [0.05, 0.1) is 23.3 Å². The number of amides is 2. The Morgan fingerprint density at radius 1 is 1.00 bits per heavy atom. The van der Waals surface area contributed by atoms with Crippen molar-refractivity contribution >= 4 is 29.1 Å². The Morgan fingerprint density at radius 2 is 1.71 bits per heavy atom. The van der Waals surface area contributed by atoms with Gasteiger partial charge in [0.1, 0.15) is 11.3 Å². The number of benzene rings is 1. The van der Waals surface area contributed by atoms with Gasteiger partial charge in [-0.25, -0.2) is 9.78 Å². The molecule has 3 aromatic rings. The summed E-state index contributed by atoms with van der Waals surface area (Å²) >= 11 is 0. The van der Waals surface area contributed by atoms with E-state index >= 15 is 0 Å². The number of nitrogens with one attached hydrogen (secondary N) is 1. The van der Waals surface area contributed by atoms with Crippen LogP contribution >= 0.6 is 0 Å². The maximum atomic E-state index is 13.1. The van der Waals surface area contributed by atoms with Crippen LogP contribution in [0.25, 0.3) is 11.3 Å². The first-order chi connectivity index (χ1) is 16.7. The molecule has 0 saturated carbocycles. The van der Waals surface area contributed by atoms with Crippen molar-refractivity contribution in [3.8, 4) is 11.3 Å². The quantitative estimate of drug-likeness (QED) is 0.549. The average Bonchev–Trinajstić information content (AvgIpc) is 2.84. The van der Waals surface area contributed by atoms with E-state index < -0.39 is 5.60 Å². The van der Waals surface area contributed by atoms with Crippen LogP contribution in [0.1, 0.15) is 31.3 Å². The predicted octanol–water partition coefficient (Wildman–Crippen LogP) is 4.04. The molecule has 4 rings (SSSR count). The number of rotatable bonds is 4. The van der Waals surface area contributed by atoms with Gasteiger partial charge in [0.2, 0.25) is 0 Å². The Kier molecular flexibility index (Phi) is 6.86. The van der Waals surface area contributed by atoms with Crippen LogP contribution in [0.2, 0.25) is 0 Å². The number of hydrogen-bond donors (Lipinski definition) is 2. The molecular formula is C26H30N6O3. The van der Waals surface area contributed by atoms with E-state index in [9.17, 15) is 9.59 Å². The molecule has 1 aliphatic rings. The molecule has 0 unspecified atom stereocenters. The number of carbonyl (C=O) groups is 2. The Bertz CT molecular complexity index is 1200. The highest BCUT2D eigenvalue weighted by Gasteiger charge is 2.27. The summed E-state index contributed by atoms with van der Waals surface area (Å²) in [5.74, 6) is -0.330. The molecule has 35 heavy (non-hydrogen) atoms. The van der Waals surface area contributed by atoms with Gasteiger partial charge in [-0.3, -0.25) is 9.78 Å². The second-order valence-corrected chi connectivity index (χ2v) is 9.33. The lowest BCUT2D eigenvalue weighted by molar-refractivity contribution is 0.0240. The Labute approximate surface area is 204 Å². The molecule has 9 nitrogen and oxygen atoms in total. The molecule has 3 heterocycles. The SMILES string of the molecule is CC(C)(C)OC(=O)N1CCN(c2ccncc2NC(=O)c2cccc(-c3ccc(N)cc3)n2)CC1. The van der Waals surface area contributed by atoms with Crippen LogP contribution in [0.4, 0.5) is 21.9 Å². The van der Waals surface area contributed by atoms with Crippen LogP contribution in [-0.2, 0) is 4.74 Å². The zero-order chi connectivity index (χ0) is 25.0.